The third-order valence-electron chi connectivity index (χ3n) is 4.71. The van der Waals surface area contributed by atoms with E-state index in [2.05, 4.69) is 9.97 Å². The third-order valence-corrected chi connectivity index (χ3v) is 4.71. The summed E-state index contributed by atoms with van der Waals surface area (Å²) in [7, 11) is 0. The number of nitrogens with one attached hydrogen (secondary N) is 1. The molecule has 1 aliphatic heterocycles. The fourth-order valence-corrected chi connectivity index (χ4v) is 3.24. The van der Waals surface area contributed by atoms with Crippen LogP contribution in [-0.4, -0.2) is 45.9 Å². The fraction of sp³-hybridized carbons (Fsp3) is 0.474. The molecule has 7 nitrogen and oxygen atoms in total. The molecule has 1 aromatic heterocycles. The van der Waals surface area contributed by atoms with E-state index in [-0.39, 0.29) is 37.0 Å². The lowest BCUT2D eigenvalue weighted by Crippen LogP contribution is -2.44. The normalized spacial score (nSPS) is 17.3. The highest BCUT2D eigenvalue weighted by molar-refractivity contribution is 5.81. The van der Waals surface area contributed by atoms with Gasteiger partial charge in [0.15, 0.2) is 6.61 Å². The summed E-state index contributed by atoms with van der Waals surface area (Å²) in [6.45, 7) is 2.51. The van der Waals surface area contributed by atoms with Crippen LogP contribution in [-0.2, 0) is 20.7 Å². The van der Waals surface area contributed by atoms with Gasteiger partial charge in [0.2, 0.25) is 0 Å². The van der Waals surface area contributed by atoms with Crippen LogP contribution >= 0.6 is 0 Å². The molecule has 26 heavy (non-hydrogen) atoms. The highest BCUT2D eigenvalue weighted by Crippen LogP contribution is 2.16. The summed E-state index contributed by atoms with van der Waals surface area (Å²) in [6.07, 6.45) is 3.42. The quantitative estimate of drug-likeness (QED) is 0.824. The molecule has 7 heteroatoms. The number of benzene rings is 1. The van der Waals surface area contributed by atoms with Crippen LogP contribution in [0.25, 0.3) is 10.9 Å². The number of hydrogen-bond acceptors (Lipinski definition) is 5. The Bertz CT molecular complexity index is 861. The smallest absolute Gasteiger partial charge is 0.306 e. The van der Waals surface area contributed by atoms with Crippen LogP contribution in [0, 0.1) is 0 Å². The van der Waals surface area contributed by atoms with Gasteiger partial charge in [0.05, 0.1) is 17.3 Å². The molecular formula is C19H23N3O4. The number of piperidine rings is 1. The minimum absolute atomic E-state index is 0.0596. The maximum atomic E-state index is 12.2. The van der Waals surface area contributed by atoms with Gasteiger partial charge in [0.25, 0.3) is 11.5 Å². The molecule has 1 saturated heterocycles. The summed E-state index contributed by atoms with van der Waals surface area (Å²) < 4.78 is 5.09. The third kappa shape index (κ3) is 4.28. The van der Waals surface area contributed by atoms with Gasteiger partial charge in [-0.05, 0) is 38.3 Å². The molecule has 0 saturated carbocycles. The van der Waals surface area contributed by atoms with Crippen LogP contribution < -0.4 is 5.56 Å². The second-order valence-electron chi connectivity index (χ2n) is 6.62. The zero-order valence-electron chi connectivity index (χ0n) is 14.9. The Labute approximate surface area is 151 Å². The zero-order chi connectivity index (χ0) is 18.5. The lowest BCUT2D eigenvalue weighted by molar-refractivity contribution is -0.153. The first-order valence-electron chi connectivity index (χ1n) is 8.97. The molecular weight excluding hydrogens is 334 g/mol. The van der Waals surface area contributed by atoms with Gasteiger partial charge in [-0.3, -0.25) is 14.4 Å². The van der Waals surface area contributed by atoms with E-state index in [1.807, 2.05) is 6.92 Å². The number of rotatable bonds is 5. The van der Waals surface area contributed by atoms with E-state index >= 15 is 0 Å². The summed E-state index contributed by atoms with van der Waals surface area (Å²) in [5.74, 6) is -0.191. The number of likely N-dealkylation sites (tertiary alicyclic amines) is 1. The van der Waals surface area contributed by atoms with Gasteiger partial charge < -0.3 is 14.6 Å². The number of hydrogen-bond donors (Lipinski definition) is 1. The van der Waals surface area contributed by atoms with Crippen molar-refractivity contribution in [2.24, 2.45) is 0 Å². The molecule has 1 atom stereocenters. The molecule has 1 N–H and O–H groups in total. The first-order chi connectivity index (χ1) is 12.5. The minimum atomic E-state index is -0.473. The number of fused-ring (bicyclic) bond motifs is 1. The number of aryl methyl sites for hydroxylation is 1. The molecule has 2 heterocycles. The Morgan fingerprint density at radius 3 is 2.92 bits per heavy atom. The van der Waals surface area contributed by atoms with E-state index in [1.165, 1.54) is 0 Å². The van der Waals surface area contributed by atoms with Crippen molar-refractivity contribution in [2.75, 3.05) is 13.2 Å². The molecule has 1 fully saturated rings. The topological polar surface area (TPSA) is 92.4 Å². The molecule has 0 spiro atoms. The number of carbonyl (C=O) groups is 2. The average Bonchev–Trinajstić information content (AvgIpc) is 2.65. The van der Waals surface area contributed by atoms with Crippen molar-refractivity contribution in [2.45, 2.75) is 45.1 Å². The lowest BCUT2D eigenvalue weighted by atomic mass is 10.0. The summed E-state index contributed by atoms with van der Waals surface area (Å²) in [6, 6.07) is 7.23. The van der Waals surface area contributed by atoms with Gasteiger partial charge >= 0.3 is 5.97 Å². The van der Waals surface area contributed by atoms with Gasteiger partial charge in [-0.2, -0.15) is 0 Å². The predicted octanol–water partition coefficient (Wildman–Crippen LogP) is 1.80. The molecule has 1 aliphatic rings. The Morgan fingerprint density at radius 2 is 2.12 bits per heavy atom. The van der Waals surface area contributed by atoms with Gasteiger partial charge in [0.1, 0.15) is 5.82 Å². The minimum Gasteiger partial charge on any atom is -0.456 e. The molecule has 138 valence electrons. The van der Waals surface area contributed by atoms with Crippen molar-refractivity contribution in [3.63, 3.8) is 0 Å². The number of aromatic amines is 1. The van der Waals surface area contributed by atoms with Crippen LogP contribution in [0.2, 0.25) is 0 Å². The first kappa shape index (κ1) is 18.1. The molecule has 1 aromatic carbocycles. The predicted molar refractivity (Wildman–Crippen MR) is 96.7 cm³/mol. The summed E-state index contributed by atoms with van der Waals surface area (Å²) in [5.41, 5.74) is 0.363. The van der Waals surface area contributed by atoms with E-state index in [0.29, 0.717) is 16.7 Å². The van der Waals surface area contributed by atoms with Gasteiger partial charge in [0, 0.05) is 19.0 Å². The largest absolute Gasteiger partial charge is 0.456 e. The van der Waals surface area contributed by atoms with Crippen LogP contribution in [0.4, 0.5) is 0 Å². The van der Waals surface area contributed by atoms with Crippen LogP contribution in [0.5, 0.6) is 0 Å². The van der Waals surface area contributed by atoms with Crippen LogP contribution in [0.15, 0.2) is 29.1 Å². The van der Waals surface area contributed by atoms with E-state index in [4.69, 9.17) is 4.74 Å². The molecule has 2 aromatic rings. The number of esters is 1. The highest BCUT2D eigenvalue weighted by atomic mass is 16.5. The van der Waals surface area contributed by atoms with E-state index in [9.17, 15) is 14.4 Å². The average molecular weight is 357 g/mol. The SMILES string of the molecule is C[C@@H]1CCCCN1C(=O)COC(=O)CCc1nc2ccccc2c(=O)[nH]1. The Hall–Kier alpha value is -2.70. The van der Waals surface area contributed by atoms with Gasteiger partial charge in [-0.1, -0.05) is 12.1 Å². The summed E-state index contributed by atoms with van der Waals surface area (Å²) >= 11 is 0. The number of para-hydroxylation sites is 1. The van der Waals surface area contributed by atoms with Crippen molar-refractivity contribution in [1.29, 1.82) is 0 Å². The Morgan fingerprint density at radius 1 is 1.31 bits per heavy atom. The standard InChI is InChI=1S/C19H23N3O4/c1-13-6-4-5-11-22(13)17(23)12-26-18(24)10-9-16-20-15-8-3-2-7-14(15)19(25)21-16/h2-3,7-8,13H,4-6,9-12H2,1H3,(H,20,21,25)/t13-/m1/s1. The van der Waals surface area contributed by atoms with E-state index in [1.54, 1.807) is 29.2 Å². The molecule has 0 unspecified atom stereocenters. The lowest BCUT2D eigenvalue weighted by Gasteiger charge is -2.33. The molecule has 0 bridgehead atoms. The Kier molecular flexibility index (Phi) is 5.65. The summed E-state index contributed by atoms with van der Waals surface area (Å²) in [5, 5.41) is 0.514. The van der Waals surface area contributed by atoms with Crippen molar-refractivity contribution in [3.05, 3.63) is 40.4 Å². The van der Waals surface area contributed by atoms with Crippen molar-refractivity contribution < 1.29 is 14.3 Å². The highest BCUT2D eigenvalue weighted by Gasteiger charge is 2.23. The first-order valence-corrected chi connectivity index (χ1v) is 8.97. The maximum Gasteiger partial charge on any atom is 0.306 e. The monoisotopic (exact) mass is 357 g/mol. The van der Waals surface area contributed by atoms with E-state index in [0.717, 1.165) is 25.8 Å². The Balaban J connectivity index is 1.51. The maximum absolute atomic E-state index is 12.2. The van der Waals surface area contributed by atoms with Crippen LogP contribution in [0.1, 0.15) is 38.4 Å². The molecule has 0 radical (unpaired) electrons. The number of aromatic nitrogens is 2. The summed E-state index contributed by atoms with van der Waals surface area (Å²) in [4.78, 5) is 44.9. The van der Waals surface area contributed by atoms with Crippen molar-refractivity contribution >= 4 is 22.8 Å². The van der Waals surface area contributed by atoms with Crippen molar-refractivity contribution in [3.8, 4) is 0 Å². The van der Waals surface area contributed by atoms with Gasteiger partial charge in [-0.15, -0.1) is 0 Å². The number of ether oxygens (including phenoxy) is 1. The molecule has 0 aliphatic carbocycles. The van der Waals surface area contributed by atoms with E-state index < -0.39 is 5.97 Å². The molecule has 3 rings (SSSR count). The number of carbonyl (C=O) groups excluding carboxylic acids is 2. The number of H-pyrrole nitrogens is 1. The second kappa shape index (κ2) is 8.12. The number of amides is 1. The fourth-order valence-electron chi connectivity index (χ4n) is 3.24. The second-order valence-corrected chi connectivity index (χ2v) is 6.62. The van der Waals surface area contributed by atoms with Gasteiger partial charge in [-0.25, -0.2) is 4.98 Å². The number of nitrogens with zero attached hydrogens (tertiary/aromatic N) is 2. The van der Waals surface area contributed by atoms with Crippen molar-refractivity contribution in [1.82, 2.24) is 14.9 Å². The zero-order valence-corrected chi connectivity index (χ0v) is 14.9. The van der Waals surface area contributed by atoms with Crippen LogP contribution in [0.3, 0.4) is 0 Å². The molecule has 1 amide bonds.